The van der Waals surface area contributed by atoms with Crippen LogP contribution in [0.4, 0.5) is 5.69 Å². The largest absolute Gasteiger partial charge is 0.373 e. The number of nitrogens with one attached hydrogen (secondary N) is 1. The molecule has 2 rings (SSSR count). The van der Waals surface area contributed by atoms with Gasteiger partial charge in [0, 0.05) is 17.1 Å². The molecular formula is C19H30N4O2S. The van der Waals surface area contributed by atoms with Crippen molar-refractivity contribution < 1.29 is 9.59 Å². The first kappa shape index (κ1) is 20.6. The molecule has 1 aromatic carbocycles. The first-order chi connectivity index (χ1) is 12.1. The number of anilines is 1. The molecule has 3 N–H and O–H groups in total. The van der Waals surface area contributed by atoms with Gasteiger partial charge in [-0.25, -0.2) is 0 Å². The number of benzene rings is 1. The molecule has 1 unspecified atom stereocenters. The second kappa shape index (κ2) is 8.31. The highest BCUT2D eigenvalue weighted by Crippen LogP contribution is 2.30. The van der Waals surface area contributed by atoms with E-state index in [1.54, 1.807) is 16.8 Å². The summed E-state index contributed by atoms with van der Waals surface area (Å²) >= 11 is 1.62. The number of carbonyl (C=O) groups excluding carboxylic acids is 2. The van der Waals surface area contributed by atoms with Crippen LogP contribution in [0.5, 0.6) is 0 Å². The maximum absolute atomic E-state index is 13.2. The minimum atomic E-state index is -0.496. The van der Waals surface area contributed by atoms with Crippen molar-refractivity contribution in [1.29, 1.82) is 0 Å². The second-order valence-electron chi connectivity index (χ2n) is 7.97. The Hall–Kier alpha value is -1.73. The third-order valence-corrected chi connectivity index (χ3v) is 5.24. The first-order valence-electron chi connectivity index (χ1n) is 8.91. The van der Waals surface area contributed by atoms with E-state index < -0.39 is 18.0 Å². The van der Waals surface area contributed by atoms with Gasteiger partial charge in [-0.05, 0) is 62.5 Å². The fraction of sp³-hybridized carbons (Fsp3) is 0.579. The Morgan fingerprint density at radius 2 is 2.04 bits per heavy atom. The Kier molecular flexibility index (Phi) is 6.58. The molecule has 1 fully saturated rings. The van der Waals surface area contributed by atoms with Gasteiger partial charge in [-0.3, -0.25) is 13.9 Å². The molecule has 1 heterocycles. The molecule has 6 nitrogen and oxygen atoms in total. The normalized spacial score (nSPS) is 18.8. The van der Waals surface area contributed by atoms with E-state index in [4.69, 9.17) is 5.73 Å². The Bertz CT molecular complexity index is 657. The van der Waals surface area contributed by atoms with Gasteiger partial charge in [-0.15, -0.1) is 0 Å². The number of hydrogen-bond acceptors (Lipinski definition) is 5. The molecule has 1 aromatic rings. The minimum Gasteiger partial charge on any atom is -0.373 e. The van der Waals surface area contributed by atoms with Crippen LogP contribution in [0, 0.1) is 5.41 Å². The van der Waals surface area contributed by atoms with Gasteiger partial charge in [0.05, 0.1) is 0 Å². The quantitative estimate of drug-likeness (QED) is 0.744. The number of amides is 2. The van der Waals surface area contributed by atoms with Gasteiger partial charge in [0.25, 0.3) is 0 Å². The van der Waals surface area contributed by atoms with E-state index in [1.165, 1.54) is 0 Å². The van der Waals surface area contributed by atoms with Gasteiger partial charge < -0.3 is 16.0 Å². The molecule has 7 heteroatoms. The lowest BCUT2D eigenvalue weighted by Gasteiger charge is -2.35. The van der Waals surface area contributed by atoms with Crippen LogP contribution in [0.3, 0.4) is 0 Å². The van der Waals surface area contributed by atoms with Crippen molar-refractivity contribution in [2.75, 3.05) is 26.0 Å². The van der Waals surface area contributed by atoms with Crippen molar-refractivity contribution in [2.24, 2.45) is 11.1 Å². The van der Waals surface area contributed by atoms with Crippen molar-refractivity contribution in [3.05, 3.63) is 24.3 Å². The Morgan fingerprint density at radius 3 is 2.62 bits per heavy atom. The Balaban J connectivity index is 2.23. The number of primary amides is 1. The summed E-state index contributed by atoms with van der Waals surface area (Å²) in [6.45, 7) is 6.65. The van der Waals surface area contributed by atoms with E-state index in [0.717, 1.165) is 17.0 Å². The van der Waals surface area contributed by atoms with Crippen LogP contribution in [0.15, 0.2) is 29.2 Å². The Labute approximate surface area is 160 Å². The molecule has 0 spiro atoms. The predicted molar refractivity (Wildman–Crippen MR) is 107 cm³/mol. The summed E-state index contributed by atoms with van der Waals surface area (Å²) < 4.78 is 2.02. The predicted octanol–water partition coefficient (Wildman–Crippen LogP) is 2.56. The average molecular weight is 379 g/mol. The molecule has 0 aliphatic carbocycles. The Morgan fingerprint density at radius 1 is 1.35 bits per heavy atom. The molecule has 1 aliphatic heterocycles. The third-order valence-electron chi connectivity index (χ3n) is 4.41. The lowest BCUT2D eigenvalue weighted by Crippen LogP contribution is -2.53. The van der Waals surface area contributed by atoms with Crippen molar-refractivity contribution in [3.8, 4) is 0 Å². The van der Waals surface area contributed by atoms with Crippen LogP contribution in [0.25, 0.3) is 0 Å². The maximum Gasteiger partial charge on any atom is 0.246 e. The number of carbonyl (C=O) groups is 2. The number of likely N-dealkylation sites (tertiary alicyclic amines) is 1. The van der Waals surface area contributed by atoms with Crippen molar-refractivity contribution >= 4 is 29.4 Å². The number of hydrogen-bond donors (Lipinski definition) is 2. The summed E-state index contributed by atoms with van der Waals surface area (Å²) in [4.78, 5) is 27.6. The molecule has 2 atom stereocenters. The van der Waals surface area contributed by atoms with E-state index in [2.05, 4.69) is 5.32 Å². The summed E-state index contributed by atoms with van der Waals surface area (Å²) in [5.41, 5.74) is 6.07. The van der Waals surface area contributed by atoms with Crippen LogP contribution in [0.2, 0.25) is 0 Å². The SMILES string of the molecule is CN(C)Sc1cccc(NC(C(=O)N2CCC[C@H]2C(N)=O)C(C)(C)C)c1. The smallest absolute Gasteiger partial charge is 0.246 e. The molecule has 144 valence electrons. The van der Waals surface area contributed by atoms with Crippen LogP contribution in [-0.2, 0) is 9.59 Å². The zero-order valence-electron chi connectivity index (χ0n) is 16.3. The van der Waals surface area contributed by atoms with E-state index >= 15 is 0 Å². The zero-order chi connectivity index (χ0) is 19.5. The van der Waals surface area contributed by atoms with Gasteiger partial charge >= 0.3 is 0 Å². The molecular weight excluding hydrogens is 348 g/mol. The summed E-state index contributed by atoms with van der Waals surface area (Å²) in [6, 6.07) is 7.06. The second-order valence-corrected chi connectivity index (χ2v) is 9.35. The molecule has 0 saturated carbocycles. The number of rotatable bonds is 6. The lowest BCUT2D eigenvalue weighted by molar-refractivity contribution is -0.139. The van der Waals surface area contributed by atoms with E-state index in [-0.39, 0.29) is 11.3 Å². The number of nitrogens with two attached hydrogens (primary N) is 1. The van der Waals surface area contributed by atoms with E-state index in [1.807, 2.05) is 63.4 Å². The van der Waals surface area contributed by atoms with Gasteiger partial charge in [-0.2, -0.15) is 0 Å². The van der Waals surface area contributed by atoms with Gasteiger partial charge in [0.1, 0.15) is 12.1 Å². The number of nitrogens with zero attached hydrogens (tertiary/aromatic N) is 2. The monoisotopic (exact) mass is 378 g/mol. The summed E-state index contributed by atoms with van der Waals surface area (Å²) in [6.07, 6.45) is 1.46. The maximum atomic E-state index is 13.2. The molecule has 1 aliphatic rings. The van der Waals surface area contributed by atoms with Gasteiger partial charge in [0.2, 0.25) is 11.8 Å². The molecule has 0 aromatic heterocycles. The van der Waals surface area contributed by atoms with E-state index in [9.17, 15) is 9.59 Å². The van der Waals surface area contributed by atoms with Crippen molar-refractivity contribution in [2.45, 2.75) is 50.6 Å². The molecule has 0 radical (unpaired) electrons. The van der Waals surface area contributed by atoms with Crippen molar-refractivity contribution in [1.82, 2.24) is 9.21 Å². The summed E-state index contributed by atoms with van der Waals surface area (Å²) in [5, 5.41) is 3.39. The summed E-state index contributed by atoms with van der Waals surface area (Å²) in [7, 11) is 3.98. The van der Waals surface area contributed by atoms with Crippen LogP contribution in [0.1, 0.15) is 33.6 Å². The van der Waals surface area contributed by atoms with E-state index in [0.29, 0.717) is 13.0 Å². The van der Waals surface area contributed by atoms with Crippen LogP contribution in [-0.4, -0.2) is 53.7 Å². The zero-order valence-corrected chi connectivity index (χ0v) is 17.1. The molecule has 1 saturated heterocycles. The summed E-state index contributed by atoms with van der Waals surface area (Å²) in [5.74, 6) is -0.489. The standard InChI is InChI=1S/C19H30N4O2S/c1-19(2,3)16(18(25)23-11-7-10-15(23)17(20)24)21-13-8-6-9-14(12-13)26-22(4)5/h6,8-9,12,15-16,21H,7,10-11H2,1-5H3,(H2,20,24)/t15-,16?/m0/s1. The van der Waals surface area contributed by atoms with Crippen LogP contribution >= 0.6 is 11.9 Å². The molecule has 2 amide bonds. The molecule has 26 heavy (non-hydrogen) atoms. The average Bonchev–Trinajstić information content (AvgIpc) is 3.00. The highest BCUT2D eigenvalue weighted by Gasteiger charge is 2.40. The third kappa shape index (κ3) is 5.14. The van der Waals surface area contributed by atoms with Gasteiger partial charge in [-0.1, -0.05) is 26.8 Å². The fourth-order valence-corrected chi connectivity index (χ4v) is 3.90. The van der Waals surface area contributed by atoms with Crippen molar-refractivity contribution in [3.63, 3.8) is 0 Å². The fourth-order valence-electron chi connectivity index (χ4n) is 3.16. The van der Waals surface area contributed by atoms with Gasteiger partial charge in [0.15, 0.2) is 0 Å². The minimum absolute atomic E-state index is 0.0653. The van der Waals surface area contributed by atoms with Crippen LogP contribution < -0.4 is 11.1 Å². The highest BCUT2D eigenvalue weighted by molar-refractivity contribution is 7.97. The first-order valence-corrected chi connectivity index (χ1v) is 9.68. The topological polar surface area (TPSA) is 78.7 Å². The molecule has 0 bridgehead atoms. The lowest BCUT2D eigenvalue weighted by atomic mass is 9.85. The highest BCUT2D eigenvalue weighted by atomic mass is 32.2.